The van der Waals surface area contributed by atoms with Crippen molar-refractivity contribution in [3.05, 3.63) is 151 Å². The first-order valence-electron chi connectivity index (χ1n) is 17.4. The summed E-state index contributed by atoms with van der Waals surface area (Å²) in [5, 5.41) is 2.29. The second-order valence-electron chi connectivity index (χ2n) is 13.6. The Morgan fingerprint density at radius 3 is 2.22 bits per heavy atom. The number of aryl methyl sites for hydroxylation is 1. The molecule has 5 heterocycles. The number of para-hydroxylation sites is 3. The molecule has 0 fully saturated rings. The predicted molar refractivity (Wildman–Crippen MR) is 201 cm³/mol. The van der Waals surface area contributed by atoms with Crippen LogP contribution in [-0.2, 0) is 6.42 Å². The smallest absolute Gasteiger partial charge is 0.159 e. The van der Waals surface area contributed by atoms with E-state index in [1.165, 1.54) is 28.1 Å². The largest absolute Gasteiger partial charge is 0.454 e. The topological polar surface area (TPSA) is 32.6 Å². The Kier molecular flexibility index (Phi) is 7.15. The molecule has 0 amide bonds. The Bertz CT molecular complexity index is 2160. The van der Waals surface area contributed by atoms with E-state index in [0.717, 1.165) is 53.6 Å². The first kappa shape index (κ1) is 29.6. The van der Waals surface area contributed by atoms with Gasteiger partial charge in [-0.3, -0.25) is 0 Å². The molecule has 4 aliphatic rings. The number of furan rings is 1. The first-order chi connectivity index (χ1) is 24.0. The van der Waals surface area contributed by atoms with Gasteiger partial charge in [-0.1, -0.05) is 66.7 Å². The molecular weight excluding hydrogens is 605 g/mol. The number of likely N-dealkylation sites (N-methyl/N-ethyl adjacent to an activating group) is 1. The first-order valence-corrected chi connectivity index (χ1v) is 17.4. The number of hydrogen-bond donors (Lipinski definition) is 0. The third-order valence-corrected chi connectivity index (χ3v) is 10.7. The molecule has 49 heavy (non-hydrogen) atoms. The average molecular weight is 647 g/mol. The van der Waals surface area contributed by atoms with Gasteiger partial charge in [-0.05, 0) is 67.3 Å². The quantitative estimate of drug-likeness (QED) is 0.169. The number of hydrogen-bond acceptors (Lipinski definition) is 7. The Balaban J connectivity index is 1.21. The molecule has 246 valence electrons. The molecule has 0 saturated heterocycles. The second kappa shape index (κ2) is 11.8. The van der Waals surface area contributed by atoms with Crippen LogP contribution in [0.5, 0.6) is 0 Å². The molecule has 4 aromatic carbocycles. The van der Waals surface area contributed by atoms with E-state index in [4.69, 9.17) is 4.42 Å². The van der Waals surface area contributed by atoms with E-state index >= 15 is 0 Å². The van der Waals surface area contributed by atoms with Gasteiger partial charge in [0.25, 0.3) is 0 Å². The van der Waals surface area contributed by atoms with Crippen LogP contribution in [0.1, 0.15) is 30.0 Å². The lowest BCUT2D eigenvalue weighted by Crippen LogP contribution is -2.41. The number of fused-ring (bicyclic) bond motifs is 12. The normalized spacial score (nSPS) is 22.6. The Hall–Kier alpha value is -5.56. The molecule has 3 unspecified atom stereocenters. The summed E-state index contributed by atoms with van der Waals surface area (Å²) >= 11 is 0. The summed E-state index contributed by atoms with van der Waals surface area (Å²) in [6, 6.07) is 30.5. The highest BCUT2D eigenvalue weighted by atomic mass is 16.3. The maximum atomic E-state index is 6.75. The van der Waals surface area contributed by atoms with Crippen LogP contribution in [0, 0.1) is 6.92 Å². The van der Waals surface area contributed by atoms with Crippen molar-refractivity contribution < 1.29 is 4.42 Å². The molecule has 0 radical (unpaired) electrons. The van der Waals surface area contributed by atoms with Gasteiger partial charge in [-0.2, -0.15) is 0 Å². The zero-order valence-corrected chi connectivity index (χ0v) is 28.4. The van der Waals surface area contributed by atoms with Crippen LogP contribution in [0.4, 0.5) is 17.1 Å². The molecule has 2 bridgehead atoms. The van der Waals surface area contributed by atoms with Gasteiger partial charge in [0.15, 0.2) is 5.58 Å². The molecular formula is C42H42N6O. The van der Waals surface area contributed by atoms with Gasteiger partial charge in [-0.15, -0.1) is 0 Å². The van der Waals surface area contributed by atoms with Crippen LogP contribution >= 0.6 is 0 Å². The van der Waals surface area contributed by atoms with E-state index in [2.05, 4.69) is 185 Å². The molecule has 0 saturated carbocycles. The molecule has 5 aromatic rings. The van der Waals surface area contributed by atoms with Gasteiger partial charge in [0.1, 0.15) is 24.1 Å². The zero-order valence-electron chi connectivity index (χ0n) is 28.4. The summed E-state index contributed by atoms with van der Waals surface area (Å²) in [7, 11) is 2.16. The van der Waals surface area contributed by atoms with Crippen LogP contribution in [0.15, 0.2) is 139 Å². The molecule has 0 aliphatic carbocycles. The average Bonchev–Trinajstić information content (AvgIpc) is 3.89. The van der Waals surface area contributed by atoms with Crippen LogP contribution in [0.25, 0.3) is 21.9 Å². The molecule has 3 atom stereocenters. The fourth-order valence-electron chi connectivity index (χ4n) is 8.07. The SMILES string of the molecule is Cc1ccccc1N1C=CN2CCCN3C=CN(c4ccccc4Cc4ccc5c(oc6ccccc65)c4N4C=CN(C)C4/C=C\C21)C3C. The minimum atomic E-state index is -0.0292. The monoisotopic (exact) mass is 646 g/mol. The molecule has 7 heteroatoms. The summed E-state index contributed by atoms with van der Waals surface area (Å²) < 4.78 is 6.75. The van der Waals surface area contributed by atoms with Crippen molar-refractivity contribution in [2.24, 2.45) is 0 Å². The summed E-state index contributed by atoms with van der Waals surface area (Å²) in [5.41, 5.74) is 9.24. The van der Waals surface area contributed by atoms with Crippen LogP contribution < -0.4 is 14.7 Å². The zero-order chi connectivity index (χ0) is 33.1. The third-order valence-electron chi connectivity index (χ3n) is 10.7. The Labute approximate surface area is 288 Å². The highest BCUT2D eigenvalue weighted by Gasteiger charge is 2.32. The van der Waals surface area contributed by atoms with Crippen molar-refractivity contribution in [3.63, 3.8) is 0 Å². The van der Waals surface area contributed by atoms with Crippen molar-refractivity contribution in [2.45, 2.75) is 45.2 Å². The van der Waals surface area contributed by atoms with Crippen LogP contribution in [0.3, 0.4) is 0 Å². The lowest BCUT2D eigenvalue weighted by atomic mass is 9.98. The van der Waals surface area contributed by atoms with Crippen molar-refractivity contribution in [2.75, 3.05) is 34.8 Å². The van der Waals surface area contributed by atoms with Gasteiger partial charge < -0.3 is 33.8 Å². The van der Waals surface area contributed by atoms with Crippen molar-refractivity contribution in [3.8, 4) is 0 Å². The van der Waals surface area contributed by atoms with E-state index in [1.54, 1.807) is 0 Å². The highest BCUT2D eigenvalue weighted by Crippen LogP contribution is 2.42. The number of nitrogens with zero attached hydrogens (tertiary/aromatic N) is 6. The summed E-state index contributed by atoms with van der Waals surface area (Å²) in [4.78, 5) is 14.5. The minimum absolute atomic E-state index is 0.0292. The van der Waals surface area contributed by atoms with E-state index in [-0.39, 0.29) is 18.5 Å². The molecule has 0 spiro atoms. The molecule has 4 aliphatic heterocycles. The van der Waals surface area contributed by atoms with Crippen molar-refractivity contribution >= 4 is 39.0 Å². The second-order valence-corrected chi connectivity index (χ2v) is 13.6. The van der Waals surface area contributed by atoms with Crippen molar-refractivity contribution in [1.29, 1.82) is 0 Å². The highest BCUT2D eigenvalue weighted by molar-refractivity contribution is 6.09. The standard InChI is InChI=1S/C42H42N6O/c1-30-11-4-7-14-36(30)47-28-25-45-22-10-21-44-24-27-46(31(44)2)37-15-8-5-12-32(37)29-33-17-18-35-34-13-6-9-16-38(34)49-42(35)41(33)48-26-23-43(3)39(48)19-20-40(45)47/h4-9,11-20,23-28,31,39-40H,10,21-22,29H2,1-3H3/b20-19-. The van der Waals surface area contributed by atoms with Crippen molar-refractivity contribution in [1.82, 2.24) is 14.7 Å². The molecule has 1 aromatic heterocycles. The van der Waals surface area contributed by atoms with E-state index in [0.29, 0.717) is 0 Å². The maximum absolute atomic E-state index is 6.75. The minimum Gasteiger partial charge on any atom is -0.454 e. The lowest BCUT2D eigenvalue weighted by molar-refractivity contribution is 0.276. The Morgan fingerprint density at radius 1 is 0.612 bits per heavy atom. The summed E-state index contributed by atoms with van der Waals surface area (Å²) in [5.74, 6) is 0. The van der Waals surface area contributed by atoms with Gasteiger partial charge in [0.2, 0.25) is 0 Å². The number of benzene rings is 4. The maximum Gasteiger partial charge on any atom is 0.159 e. The van der Waals surface area contributed by atoms with Gasteiger partial charge in [-0.25, -0.2) is 0 Å². The van der Waals surface area contributed by atoms with Gasteiger partial charge in [0, 0.05) is 85.9 Å². The lowest BCUT2D eigenvalue weighted by Gasteiger charge is -2.34. The Morgan fingerprint density at radius 2 is 1.33 bits per heavy atom. The number of rotatable bonds is 1. The van der Waals surface area contributed by atoms with Crippen LogP contribution in [0.2, 0.25) is 0 Å². The summed E-state index contributed by atoms with van der Waals surface area (Å²) in [6.07, 6.45) is 20.3. The molecule has 9 rings (SSSR count). The van der Waals surface area contributed by atoms with E-state index in [1.807, 2.05) is 0 Å². The van der Waals surface area contributed by atoms with E-state index in [9.17, 15) is 0 Å². The van der Waals surface area contributed by atoms with E-state index < -0.39 is 0 Å². The van der Waals surface area contributed by atoms with Gasteiger partial charge in [0.05, 0.1) is 5.69 Å². The van der Waals surface area contributed by atoms with Crippen LogP contribution in [-0.4, -0.2) is 53.3 Å². The molecule has 7 nitrogen and oxygen atoms in total. The fraction of sp³-hybridized carbons (Fsp3) is 0.238. The van der Waals surface area contributed by atoms with Gasteiger partial charge >= 0.3 is 0 Å². The predicted octanol–water partition coefficient (Wildman–Crippen LogP) is 8.55. The fourth-order valence-corrected chi connectivity index (χ4v) is 8.07. The third kappa shape index (κ3) is 4.95. The number of anilines is 3. The summed E-state index contributed by atoms with van der Waals surface area (Å²) in [6.45, 7) is 6.45. The molecule has 0 N–H and O–H groups in total.